The summed E-state index contributed by atoms with van der Waals surface area (Å²) in [5.74, 6) is -0.0473. The molecule has 1 unspecified atom stereocenters. The van der Waals surface area contributed by atoms with Crippen LogP contribution in [-0.2, 0) is 31.9 Å². The van der Waals surface area contributed by atoms with Crippen molar-refractivity contribution >= 4 is 28.4 Å². The normalized spacial score (nSPS) is 16.7. The van der Waals surface area contributed by atoms with Crippen LogP contribution in [0.25, 0.3) is 11.2 Å². The van der Waals surface area contributed by atoms with Gasteiger partial charge in [0.25, 0.3) is 5.56 Å². The number of carbonyl (C=O) groups excluding carboxylic acids is 1. The second-order valence-electron chi connectivity index (χ2n) is 6.81. The molecule has 142 valence electrons. The maximum atomic E-state index is 13.1. The molecule has 1 amide bonds. The molecule has 0 saturated carbocycles. The molecule has 4 heterocycles. The van der Waals surface area contributed by atoms with Gasteiger partial charge in [0, 0.05) is 25.5 Å². The fourth-order valence-corrected chi connectivity index (χ4v) is 4.82. The fourth-order valence-electron chi connectivity index (χ4n) is 3.89. The van der Waals surface area contributed by atoms with Crippen molar-refractivity contribution in [3.63, 3.8) is 0 Å². The highest BCUT2D eigenvalue weighted by Crippen LogP contribution is 2.35. The summed E-state index contributed by atoms with van der Waals surface area (Å²) >= 11 is 1.74. The first-order valence-electron chi connectivity index (χ1n) is 8.90. The SMILES string of the molecule is CCC1c2ccsc2CCN1C(=O)Cn1cnc2c1c(=O)n(C)c(=O)n2C. The molecule has 0 aromatic carbocycles. The summed E-state index contributed by atoms with van der Waals surface area (Å²) in [5.41, 5.74) is 0.923. The van der Waals surface area contributed by atoms with Crippen molar-refractivity contribution in [3.8, 4) is 0 Å². The molecule has 9 heteroatoms. The third kappa shape index (κ3) is 2.64. The zero-order valence-corrected chi connectivity index (χ0v) is 16.3. The molecule has 1 aliphatic heterocycles. The molecule has 0 N–H and O–H groups in total. The van der Waals surface area contributed by atoms with Gasteiger partial charge in [-0.2, -0.15) is 0 Å². The Kier molecular flexibility index (Phi) is 4.26. The first kappa shape index (κ1) is 17.7. The highest BCUT2D eigenvalue weighted by molar-refractivity contribution is 7.10. The van der Waals surface area contributed by atoms with E-state index in [1.54, 1.807) is 23.0 Å². The minimum absolute atomic E-state index is 0.0277. The van der Waals surface area contributed by atoms with Gasteiger partial charge in [-0.1, -0.05) is 6.92 Å². The van der Waals surface area contributed by atoms with Gasteiger partial charge in [0.05, 0.1) is 12.4 Å². The summed E-state index contributed by atoms with van der Waals surface area (Å²) in [6.07, 6.45) is 3.16. The largest absolute Gasteiger partial charge is 0.334 e. The zero-order chi connectivity index (χ0) is 19.3. The lowest BCUT2D eigenvalue weighted by Gasteiger charge is -2.35. The number of fused-ring (bicyclic) bond motifs is 2. The van der Waals surface area contributed by atoms with Crippen molar-refractivity contribution in [2.24, 2.45) is 14.1 Å². The lowest BCUT2D eigenvalue weighted by Crippen LogP contribution is -2.41. The summed E-state index contributed by atoms with van der Waals surface area (Å²) in [6, 6.07) is 2.17. The Morgan fingerprint density at radius 2 is 2.07 bits per heavy atom. The topological polar surface area (TPSA) is 82.1 Å². The molecule has 27 heavy (non-hydrogen) atoms. The van der Waals surface area contributed by atoms with Crippen LogP contribution in [0.4, 0.5) is 0 Å². The molecular weight excluding hydrogens is 366 g/mol. The second-order valence-corrected chi connectivity index (χ2v) is 7.81. The quantitative estimate of drug-likeness (QED) is 0.672. The molecule has 0 spiro atoms. The molecule has 1 atom stereocenters. The average Bonchev–Trinajstić information content (AvgIpc) is 3.30. The van der Waals surface area contributed by atoms with Gasteiger partial charge in [0.2, 0.25) is 5.91 Å². The summed E-state index contributed by atoms with van der Waals surface area (Å²) in [6.45, 7) is 2.78. The molecule has 3 aromatic heterocycles. The van der Waals surface area contributed by atoms with Crippen molar-refractivity contribution < 1.29 is 4.79 Å². The molecule has 1 aliphatic rings. The van der Waals surface area contributed by atoms with Gasteiger partial charge in [-0.05, 0) is 29.9 Å². The Bertz CT molecular complexity index is 1150. The number of thiophene rings is 1. The number of aryl methyl sites for hydroxylation is 1. The van der Waals surface area contributed by atoms with Crippen LogP contribution in [0.1, 0.15) is 29.8 Å². The van der Waals surface area contributed by atoms with Gasteiger partial charge in [-0.25, -0.2) is 9.78 Å². The Labute approximate surface area is 159 Å². The smallest absolute Gasteiger partial charge is 0.332 e. The molecule has 8 nitrogen and oxygen atoms in total. The van der Waals surface area contributed by atoms with Gasteiger partial charge in [0.1, 0.15) is 6.54 Å². The number of hydrogen-bond acceptors (Lipinski definition) is 5. The van der Waals surface area contributed by atoms with E-state index < -0.39 is 11.2 Å². The second kappa shape index (κ2) is 6.49. The van der Waals surface area contributed by atoms with E-state index in [0.717, 1.165) is 17.4 Å². The van der Waals surface area contributed by atoms with Crippen LogP contribution >= 0.6 is 11.3 Å². The fraction of sp³-hybridized carbons (Fsp3) is 0.444. The molecule has 0 bridgehead atoms. The standard InChI is InChI=1S/C18H21N5O3S/c1-4-12-11-6-8-27-13(11)5-7-23(12)14(24)9-22-10-19-16-15(22)17(25)21(3)18(26)20(16)2/h6,8,10,12H,4-5,7,9H2,1-3H3. The maximum Gasteiger partial charge on any atom is 0.332 e. The van der Waals surface area contributed by atoms with Crippen LogP contribution in [0.5, 0.6) is 0 Å². The van der Waals surface area contributed by atoms with E-state index in [9.17, 15) is 14.4 Å². The van der Waals surface area contributed by atoms with Crippen LogP contribution in [0.15, 0.2) is 27.4 Å². The average molecular weight is 387 g/mol. The van der Waals surface area contributed by atoms with Crippen LogP contribution in [-0.4, -0.2) is 36.0 Å². The number of imidazole rings is 1. The zero-order valence-electron chi connectivity index (χ0n) is 15.5. The molecule has 0 saturated heterocycles. The van der Waals surface area contributed by atoms with Crippen molar-refractivity contribution in [2.75, 3.05) is 6.54 Å². The van der Waals surface area contributed by atoms with Gasteiger partial charge < -0.3 is 9.47 Å². The number of carbonyl (C=O) groups is 1. The highest BCUT2D eigenvalue weighted by Gasteiger charge is 2.30. The van der Waals surface area contributed by atoms with Crippen LogP contribution in [0.3, 0.4) is 0 Å². The number of amides is 1. The van der Waals surface area contributed by atoms with E-state index >= 15 is 0 Å². The van der Waals surface area contributed by atoms with Gasteiger partial charge in [-0.3, -0.25) is 18.7 Å². The molecule has 3 aromatic rings. The van der Waals surface area contributed by atoms with E-state index in [4.69, 9.17) is 0 Å². The van der Waals surface area contributed by atoms with E-state index in [2.05, 4.69) is 23.4 Å². The molecule has 0 radical (unpaired) electrons. The Balaban J connectivity index is 1.70. The number of hydrogen-bond donors (Lipinski definition) is 0. The summed E-state index contributed by atoms with van der Waals surface area (Å²) < 4.78 is 3.92. The highest BCUT2D eigenvalue weighted by atomic mass is 32.1. The number of aromatic nitrogens is 4. The predicted octanol–water partition coefficient (Wildman–Crippen LogP) is 1.03. The first-order valence-corrected chi connectivity index (χ1v) is 9.78. The first-order chi connectivity index (χ1) is 12.9. The summed E-state index contributed by atoms with van der Waals surface area (Å²) in [7, 11) is 3.00. The molecule has 0 fully saturated rings. The van der Waals surface area contributed by atoms with Gasteiger partial charge in [0.15, 0.2) is 11.2 Å². The van der Waals surface area contributed by atoms with Gasteiger partial charge >= 0.3 is 5.69 Å². The Hall–Kier alpha value is -2.68. The number of nitrogens with zero attached hydrogens (tertiary/aromatic N) is 5. The van der Waals surface area contributed by atoms with Crippen molar-refractivity contribution in [3.05, 3.63) is 49.1 Å². The maximum absolute atomic E-state index is 13.1. The summed E-state index contributed by atoms with van der Waals surface area (Å²) in [5, 5.41) is 2.08. The predicted molar refractivity (Wildman–Crippen MR) is 103 cm³/mol. The van der Waals surface area contributed by atoms with Crippen LogP contribution in [0, 0.1) is 0 Å². The molecule has 4 rings (SSSR count). The third-order valence-electron chi connectivity index (χ3n) is 5.32. The number of rotatable bonds is 3. The molecule has 0 aliphatic carbocycles. The van der Waals surface area contributed by atoms with E-state index in [0.29, 0.717) is 12.2 Å². The monoisotopic (exact) mass is 387 g/mol. The van der Waals surface area contributed by atoms with E-state index in [1.807, 2.05) is 4.90 Å². The van der Waals surface area contributed by atoms with Crippen LogP contribution in [0.2, 0.25) is 0 Å². The van der Waals surface area contributed by atoms with E-state index in [1.165, 1.54) is 28.4 Å². The van der Waals surface area contributed by atoms with E-state index in [-0.39, 0.29) is 24.0 Å². The van der Waals surface area contributed by atoms with Crippen molar-refractivity contribution in [2.45, 2.75) is 32.4 Å². The Morgan fingerprint density at radius 3 is 2.81 bits per heavy atom. The minimum atomic E-state index is -0.441. The van der Waals surface area contributed by atoms with Crippen LogP contribution < -0.4 is 11.2 Å². The van der Waals surface area contributed by atoms with Crippen molar-refractivity contribution in [1.82, 2.24) is 23.6 Å². The van der Waals surface area contributed by atoms with Gasteiger partial charge in [-0.15, -0.1) is 11.3 Å². The molecular formula is C18H21N5O3S. The third-order valence-corrected chi connectivity index (χ3v) is 6.32. The van der Waals surface area contributed by atoms with Crippen molar-refractivity contribution in [1.29, 1.82) is 0 Å². The summed E-state index contributed by atoms with van der Waals surface area (Å²) in [4.78, 5) is 45.1. The minimum Gasteiger partial charge on any atom is -0.334 e. The lowest BCUT2D eigenvalue weighted by atomic mass is 9.98. The lowest BCUT2D eigenvalue weighted by molar-refractivity contribution is -0.134. The Morgan fingerprint density at radius 1 is 1.30 bits per heavy atom.